The van der Waals surface area contributed by atoms with Gasteiger partial charge in [-0.15, -0.1) is 0 Å². The standard InChI is InChI=1S/C15H20BrClN2O/c1-10-7-11(16)13(8-12(10)17)19-14(20)9-15(18)5-3-2-4-6-15/h7-8H,2-6,9,18H2,1H3,(H,19,20). The second kappa shape index (κ2) is 6.46. The van der Waals surface area contributed by atoms with E-state index in [1.165, 1.54) is 6.42 Å². The highest BCUT2D eigenvalue weighted by molar-refractivity contribution is 9.10. The lowest BCUT2D eigenvalue weighted by molar-refractivity contribution is -0.117. The van der Waals surface area contributed by atoms with Gasteiger partial charge in [0.05, 0.1) is 5.69 Å². The molecule has 0 unspecified atom stereocenters. The number of anilines is 1. The molecule has 1 amide bonds. The molecule has 0 spiro atoms. The van der Waals surface area contributed by atoms with Crippen LogP contribution in [0.3, 0.4) is 0 Å². The second-order valence-electron chi connectivity index (χ2n) is 5.73. The zero-order valence-corrected chi connectivity index (χ0v) is 14.0. The SMILES string of the molecule is Cc1cc(Br)c(NC(=O)CC2(N)CCCCC2)cc1Cl. The predicted octanol–water partition coefficient (Wildman–Crippen LogP) is 4.40. The Bertz CT molecular complexity index is 513. The van der Waals surface area contributed by atoms with Gasteiger partial charge in [0, 0.05) is 21.5 Å². The van der Waals surface area contributed by atoms with Gasteiger partial charge in [-0.2, -0.15) is 0 Å². The van der Waals surface area contributed by atoms with Crippen LogP contribution in [0.25, 0.3) is 0 Å². The normalized spacial score (nSPS) is 17.8. The Kier molecular flexibility index (Phi) is 5.10. The first kappa shape index (κ1) is 15.8. The Morgan fingerprint density at radius 2 is 2.05 bits per heavy atom. The smallest absolute Gasteiger partial charge is 0.226 e. The van der Waals surface area contributed by atoms with Crippen molar-refractivity contribution < 1.29 is 4.79 Å². The van der Waals surface area contributed by atoms with Crippen molar-refractivity contribution in [3.05, 3.63) is 27.2 Å². The Hall–Kier alpha value is -0.580. The van der Waals surface area contributed by atoms with Crippen LogP contribution in [0.5, 0.6) is 0 Å². The molecule has 20 heavy (non-hydrogen) atoms. The van der Waals surface area contributed by atoms with E-state index in [2.05, 4.69) is 21.2 Å². The van der Waals surface area contributed by atoms with Crippen LogP contribution in [0.15, 0.2) is 16.6 Å². The van der Waals surface area contributed by atoms with Gasteiger partial charge in [-0.25, -0.2) is 0 Å². The maximum Gasteiger partial charge on any atom is 0.226 e. The van der Waals surface area contributed by atoms with Gasteiger partial charge < -0.3 is 11.1 Å². The zero-order chi connectivity index (χ0) is 14.8. The number of carbonyl (C=O) groups excluding carboxylic acids is 1. The van der Waals surface area contributed by atoms with Crippen molar-refractivity contribution in [1.29, 1.82) is 0 Å². The number of amides is 1. The Morgan fingerprint density at radius 1 is 1.40 bits per heavy atom. The van der Waals surface area contributed by atoms with Crippen LogP contribution in [-0.4, -0.2) is 11.4 Å². The van der Waals surface area contributed by atoms with Gasteiger partial charge >= 0.3 is 0 Å². The number of nitrogens with two attached hydrogens (primary N) is 1. The number of hydrogen-bond donors (Lipinski definition) is 2. The van der Waals surface area contributed by atoms with E-state index in [1.54, 1.807) is 6.07 Å². The number of hydrogen-bond acceptors (Lipinski definition) is 2. The van der Waals surface area contributed by atoms with Crippen LogP contribution >= 0.6 is 27.5 Å². The summed E-state index contributed by atoms with van der Waals surface area (Å²) in [5, 5.41) is 3.54. The van der Waals surface area contributed by atoms with E-state index in [0.717, 1.165) is 35.7 Å². The summed E-state index contributed by atoms with van der Waals surface area (Å²) in [6.07, 6.45) is 5.67. The van der Waals surface area contributed by atoms with Crippen LogP contribution in [-0.2, 0) is 4.79 Å². The third-order valence-electron chi connectivity index (χ3n) is 3.88. The number of aryl methyl sites for hydroxylation is 1. The highest BCUT2D eigenvalue weighted by Gasteiger charge is 2.30. The summed E-state index contributed by atoms with van der Waals surface area (Å²) in [6.45, 7) is 1.93. The molecule has 0 bridgehead atoms. The molecule has 0 atom stereocenters. The maximum atomic E-state index is 12.2. The van der Waals surface area contributed by atoms with E-state index in [4.69, 9.17) is 17.3 Å². The van der Waals surface area contributed by atoms with Gasteiger partial charge in [0.15, 0.2) is 0 Å². The molecule has 0 heterocycles. The van der Waals surface area contributed by atoms with Crippen molar-refractivity contribution in [1.82, 2.24) is 0 Å². The predicted molar refractivity (Wildman–Crippen MR) is 87.1 cm³/mol. The van der Waals surface area contributed by atoms with Crippen molar-refractivity contribution in [2.75, 3.05) is 5.32 Å². The third-order valence-corrected chi connectivity index (χ3v) is 4.95. The molecule has 5 heteroatoms. The minimum Gasteiger partial charge on any atom is -0.325 e. The van der Waals surface area contributed by atoms with Crippen molar-refractivity contribution in [3.8, 4) is 0 Å². The highest BCUT2D eigenvalue weighted by atomic mass is 79.9. The second-order valence-corrected chi connectivity index (χ2v) is 6.99. The fourth-order valence-electron chi connectivity index (χ4n) is 2.69. The first-order valence-electron chi connectivity index (χ1n) is 6.94. The molecule has 3 nitrogen and oxygen atoms in total. The molecular weight excluding hydrogens is 340 g/mol. The molecule has 3 N–H and O–H groups in total. The van der Waals surface area contributed by atoms with Crippen LogP contribution in [0, 0.1) is 6.92 Å². The zero-order valence-electron chi connectivity index (χ0n) is 11.6. The average molecular weight is 360 g/mol. The van der Waals surface area contributed by atoms with Gasteiger partial charge in [-0.3, -0.25) is 4.79 Å². The van der Waals surface area contributed by atoms with E-state index in [9.17, 15) is 4.79 Å². The van der Waals surface area contributed by atoms with Crippen LogP contribution in [0.1, 0.15) is 44.1 Å². The van der Waals surface area contributed by atoms with E-state index < -0.39 is 0 Å². The van der Waals surface area contributed by atoms with Gasteiger partial charge in [-0.1, -0.05) is 30.9 Å². The third kappa shape index (κ3) is 3.96. The first-order valence-corrected chi connectivity index (χ1v) is 8.11. The fourth-order valence-corrected chi connectivity index (χ4v) is 3.41. The quantitative estimate of drug-likeness (QED) is 0.840. The summed E-state index contributed by atoms with van der Waals surface area (Å²) in [5.41, 5.74) is 7.63. The molecule has 0 aromatic heterocycles. The van der Waals surface area contributed by atoms with Crippen molar-refractivity contribution in [2.24, 2.45) is 5.73 Å². The number of rotatable bonds is 3. The molecule has 1 aromatic carbocycles. The molecule has 0 radical (unpaired) electrons. The van der Waals surface area contributed by atoms with Crippen molar-refractivity contribution in [2.45, 2.75) is 51.0 Å². The minimum absolute atomic E-state index is 0.0463. The molecule has 2 rings (SSSR count). The van der Waals surface area contributed by atoms with E-state index >= 15 is 0 Å². The summed E-state index contributed by atoms with van der Waals surface area (Å²) < 4.78 is 0.836. The summed E-state index contributed by atoms with van der Waals surface area (Å²) in [7, 11) is 0. The van der Waals surface area contributed by atoms with E-state index in [0.29, 0.717) is 17.1 Å². The lowest BCUT2D eigenvalue weighted by Gasteiger charge is -2.32. The van der Waals surface area contributed by atoms with Crippen molar-refractivity contribution >= 4 is 39.1 Å². The summed E-state index contributed by atoms with van der Waals surface area (Å²) in [5.74, 6) is -0.0463. The molecule has 0 aliphatic heterocycles. The monoisotopic (exact) mass is 358 g/mol. The molecule has 1 aliphatic carbocycles. The number of benzene rings is 1. The molecule has 1 aliphatic rings. The average Bonchev–Trinajstić information content (AvgIpc) is 2.36. The van der Waals surface area contributed by atoms with E-state index in [-0.39, 0.29) is 11.4 Å². The van der Waals surface area contributed by atoms with Crippen LogP contribution < -0.4 is 11.1 Å². The largest absolute Gasteiger partial charge is 0.325 e. The minimum atomic E-state index is -0.344. The van der Waals surface area contributed by atoms with Gasteiger partial charge in [0.25, 0.3) is 0 Å². The Balaban J connectivity index is 2.03. The molecule has 1 saturated carbocycles. The van der Waals surface area contributed by atoms with E-state index in [1.807, 2.05) is 13.0 Å². The highest BCUT2D eigenvalue weighted by Crippen LogP contribution is 2.31. The topological polar surface area (TPSA) is 55.1 Å². The lowest BCUT2D eigenvalue weighted by Crippen LogP contribution is -2.44. The first-order chi connectivity index (χ1) is 9.39. The Labute approximate surface area is 133 Å². The lowest BCUT2D eigenvalue weighted by atomic mass is 9.80. The van der Waals surface area contributed by atoms with Crippen LogP contribution in [0.2, 0.25) is 5.02 Å². The molecular formula is C15H20BrClN2O. The summed E-state index contributed by atoms with van der Waals surface area (Å²) in [6, 6.07) is 3.67. The summed E-state index contributed by atoms with van der Waals surface area (Å²) >= 11 is 9.54. The number of nitrogens with one attached hydrogen (secondary N) is 1. The number of carbonyl (C=O) groups is 1. The number of halogens is 2. The molecule has 110 valence electrons. The van der Waals surface area contributed by atoms with Gasteiger partial charge in [0.1, 0.15) is 0 Å². The molecule has 1 fully saturated rings. The summed E-state index contributed by atoms with van der Waals surface area (Å²) in [4.78, 5) is 12.2. The Morgan fingerprint density at radius 3 is 2.70 bits per heavy atom. The van der Waals surface area contributed by atoms with Crippen LogP contribution in [0.4, 0.5) is 5.69 Å². The van der Waals surface area contributed by atoms with Gasteiger partial charge in [0.2, 0.25) is 5.91 Å². The molecule has 1 aromatic rings. The maximum absolute atomic E-state index is 12.2. The van der Waals surface area contributed by atoms with Crippen molar-refractivity contribution in [3.63, 3.8) is 0 Å². The van der Waals surface area contributed by atoms with Gasteiger partial charge in [-0.05, 0) is 53.4 Å². The molecule has 0 saturated heterocycles. The fraction of sp³-hybridized carbons (Fsp3) is 0.533.